The SMILES string of the molecule is CCOc1ccc(CC(C(=O)O)c2ccc(Cl)c(Cl)c2)cc1. The van der Waals surface area contributed by atoms with E-state index in [9.17, 15) is 9.90 Å². The lowest BCUT2D eigenvalue weighted by Gasteiger charge is -2.14. The highest BCUT2D eigenvalue weighted by Gasteiger charge is 2.21. The molecule has 3 nitrogen and oxygen atoms in total. The molecule has 0 aliphatic carbocycles. The Morgan fingerprint density at radius 3 is 2.36 bits per heavy atom. The number of halogens is 2. The number of aliphatic carboxylic acids is 1. The van der Waals surface area contributed by atoms with Crippen LogP contribution in [0.1, 0.15) is 24.0 Å². The Morgan fingerprint density at radius 1 is 1.14 bits per heavy atom. The van der Waals surface area contributed by atoms with E-state index < -0.39 is 11.9 Å². The van der Waals surface area contributed by atoms with Crippen LogP contribution < -0.4 is 4.74 Å². The summed E-state index contributed by atoms with van der Waals surface area (Å²) in [7, 11) is 0. The molecule has 0 saturated heterocycles. The Morgan fingerprint density at radius 2 is 1.82 bits per heavy atom. The van der Waals surface area contributed by atoms with Crippen molar-refractivity contribution in [3.63, 3.8) is 0 Å². The predicted molar refractivity (Wildman–Crippen MR) is 88.2 cm³/mol. The molecule has 0 aromatic heterocycles. The molecule has 0 aliphatic heterocycles. The van der Waals surface area contributed by atoms with E-state index in [1.165, 1.54) is 0 Å². The number of carboxylic acids is 1. The third-order valence-corrected chi connectivity index (χ3v) is 4.06. The average molecular weight is 339 g/mol. The van der Waals surface area contributed by atoms with E-state index >= 15 is 0 Å². The molecule has 1 atom stereocenters. The van der Waals surface area contributed by atoms with Crippen molar-refractivity contribution in [2.75, 3.05) is 6.61 Å². The van der Waals surface area contributed by atoms with Crippen LogP contribution in [0.5, 0.6) is 5.75 Å². The van der Waals surface area contributed by atoms with Crippen molar-refractivity contribution in [1.82, 2.24) is 0 Å². The molecule has 0 saturated carbocycles. The Balaban J connectivity index is 2.21. The maximum Gasteiger partial charge on any atom is 0.311 e. The van der Waals surface area contributed by atoms with Gasteiger partial charge in [-0.15, -0.1) is 0 Å². The van der Waals surface area contributed by atoms with Crippen molar-refractivity contribution in [2.45, 2.75) is 19.3 Å². The third-order valence-electron chi connectivity index (χ3n) is 3.32. The smallest absolute Gasteiger partial charge is 0.311 e. The highest BCUT2D eigenvalue weighted by molar-refractivity contribution is 6.42. The topological polar surface area (TPSA) is 46.5 Å². The van der Waals surface area contributed by atoms with Crippen LogP contribution in [0.3, 0.4) is 0 Å². The molecule has 0 aliphatic rings. The first kappa shape index (κ1) is 16.7. The molecule has 2 rings (SSSR count). The van der Waals surface area contributed by atoms with E-state index in [1.807, 2.05) is 31.2 Å². The molecule has 1 unspecified atom stereocenters. The molecule has 2 aromatic carbocycles. The zero-order valence-corrected chi connectivity index (χ0v) is 13.6. The summed E-state index contributed by atoms with van der Waals surface area (Å²) in [6, 6.07) is 12.3. The molecular formula is C17H16Cl2O3. The molecule has 0 bridgehead atoms. The van der Waals surface area contributed by atoms with Crippen LogP contribution in [0.15, 0.2) is 42.5 Å². The summed E-state index contributed by atoms with van der Waals surface area (Å²) in [6.07, 6.45) is 0.375. The van der Waals surface area contributed by atoms with E-state index in [0.717, 1.165) is 11.3 Å². The van der Waals surface area contributed by atoms with Gasteiger partial charge < -0.3 is 9.84 Å². The summed E-state index contributed by atoms with van der Waals surface area (Å²) in [4.78, 5) is 11.6. The summed E-state index contributed by atoms with van der Waals surface area (Å²) >= 11 is 11.9. The van der Waals surface area contributed by atoms with Gasteiger partial charge in [-0.25, -0.2) is 0 Å². The zero-order chi connectivity index (χ0) is 16.1. The van der Waals surface area contributed by atoms with E-state index in [2.05, 4.69) is 0 Å². The number of ether oxygens (including phenoxy) is 1. The van der Waals surface area contributed by atoms with Gasteiger partial charge in [-0.3, -0.25) is 4.79 Å². The molecule has 0 radical (unpaired) electrons. The van der Waals surface area contributed by atoms with E-state index in [1.54, 1.807) is 18.2 Å². The van der Waals surface area contributed by atoms with E-state index in [4.69, 9.17) is 27.9 Å². The second-order valence-corrected chi connectivity index (χ2v) is 5.66. The normalized spacial score (nSPS) is 12.0. The summed E-state index contributed by atoms with van der Waals surface area (Å²) in [5.41, 5.74) is 1.55. The van der Waals surface area contributed by atoms with Crippen LogP contribution in [0.25, 0.3) is 0 Å². The molecular weight excluding hydrogens is 323 g/mol. The standard InChI is InChI=1S/C17H16Cl2O3/c1-2-22-13-6-3-11(4-7-13)9-14(17(20)21)12-5-8-15(18)16(19)10-12/h3-8,10,14H,2,9H2,1H3,(H,20,21). The largest absolute Gasteiger partial charge is 0.494 e. The molecule has 0 fully saturated rings. The summed E-state index contributed by atoms with van der Waals surface area (Å²) in [5.74, 6) is -0.798. The van der Waals surface area contributed by atoms with Crippen molar-refractivity contribution < 1.29 is 14.6 Å². The van der Waals surface area contributed by atoms with E-state index in [0.29, 0.717) is 28.6 Å². The van der Waals surface area contributed by atoms with Gasteiger partial charge in [0.05, 0.1) is 22.6 Å². The minimum absolute atomic E-state index is 0.358. The highest BCUT2D eigenvalue weighted by Crippen LogP contribution is 2.29. The van der Waals surface area contributed by atoms with Gasteiger partial charge in [0.25, 0.3) is 0 Å². The van der Waals surface area contributed by atoms with Crippen molar-refractivity contribution >= 4 is 29.2 Å². The van der Waals surface area contributed by atoms with Gasteiger partial charge in [-0.05, 0) is 48.7 Å². The second kappa shape index (κ2) is 7.52. The quantitative estimate of drug-likeness (QED) is 0.822. The minimum atomic E-state index is -0.896. The van der Waals surface area contributed by atoms with Gasteiger partial charge >= 0.3 is 5.97 Å². The molecule has 22 heavy (non-hydrogen) atoms. The maximum atomic E-state index is 11.6. The number of hydrogen-bond acceptors (Lipinski definition) is 2. The predicted octanol–water partition coefficient (Wildman–Crippen LogP) is 4.80. The van der Waals surface area contributed by atoms with Crippen LogP contribution in [0, 0.1) is 0 Å². The lowest BCUT2D eigenvalue weighted by Crippen LogP contribution is -2.14. The van der Waals surface area contributed by atoms with Crippen molar-refractivity contribution in [3.05, 3.63) is 63.6 Å². The van der Waals surface area contributed by atoms with Gasteiger partial charge in [0.2, 0.25) is 0 Å². The highest BCUT2D eigenvalue weighted by atomic mass is 35.5. The Labute approximate surface area is 139 Å². The zero-order valence-electron chi connectivity index (χ0n) is 12.1. The van der Waals surface area contributed by atoms with Gasteiger partial charge in [-0.2, -0.15) is 0 Å². The molecule has 0 amide bonds. The lowest BCUT2D eigenvalue weighted by atomic mass is 9.92. The van der Waals surface area contributed by atoms with Gasteiger partial charge in [0.15, 0.2) is 0 Å². The third kappa shape index (κ3) is 4.15. The maximum absolute atomic E-state index is 11.6. The molecule has 0 heterocycles. The van der Waals surface area contributed by atoms with Crippen LogP contribution in [-0.2, 0) is 11.2 Å². The lowest BCUT2D eigenvalue weighted by molar-refractivity contribution is -0.138. The first-order valence-electron chi connectivity index (χ1n) is 6.90. The summed E-state index contributed by atoms with van der Waals surface area (Å²) in [6.45, 7) is 2.51. The Kier molecular flexibility index (Phi) is 5.69. The monoisotopic (exact) mass is 338 g/mol. The van der Waals surface area contributed by atoms with Crippen molar-refractivity contribution in [3.8, 4) is 5.75 Å². The first-order valence-corrected chi connectivity index (χ1v) is 7.66. The van der Waals surface area contributed by atoms with Crippen molar-refractivity contribution in [1.29, 1.82) is 0 Å². The van der Waals surface area contributed by atoms with Gasteiger partial charge in [-0.1, -0.05) is 41.4 Å². The Bertz CT molecular complexity index is 653. The number of rotatable bonds is 6. The van der Waals surface area contributed by atoms with Crippen LogP contribution in [0.2, 0.25) is 10.0 Å². The average Bonchev–Trinajstić information content (AvgIpc) is 2.49. The fourth-order valence-electron chi connectivity index (χ4n) is 2.20. The van der Waals surface area contributed by atoms with Crippen molar-refractivity contribution in [2.24, 2.45) is 0 Å². The number of benzene rings is 2. The molecule has 5 heteroatoms. The summed E-state index contributed by atoms with van der Waals surface area (Å²) in [5, 5.41) is 10.3. The number of carbonyl (C=O) groups is 1. The Hall–Kier alpha value is -1.71. The van der Waals surface area contributed by atoms with E-state index in [-0.39, 0.29) is 0 Å². The second-order valence-electron chi connectivity index (χ2n) is 4.85. The molecule has 2 aromatic rings. The number of carboxylic acid groups (broad SMARTS) is 1. The summed E-state index contributed by atoms with van der Waals surface area (Å²) < 4.78 is 5.38. The fraction of sp³-hybridized carbons (Fsp3) is 0.235. The first-order chi connectivity index (χ1) is 10.5. The van der Waals surface area contributed by atoms with Gasteiger partial charge in [0.1, 0.15) is 5.75 Å². The number of hydrogen-bond donors (Lipinski definition) is 1. The van der Waals surface area contributed by atoms with Gasteiger partial charge in [0, 0.05) is 0 Å². The molecule has 116 valence electrons. The molecule has 0 spiro atoms. The molecule has 1 N–H and O–H groups in total. The van der Waals surface area contributed by atoms with Crippen LogP contribution in [0.4, 0.5) is 0 Å². The minimum Gasteiger partial charge on any atom is -0.494 e. The fourth-order valence-corrected chi connectivity index (χ4v) is 2.51. The van der Waals surface area contributed by atoms with Crippen LogP contribution >= 0.6 is 23.2 Å². The van der Waals surface area contributed by atoms with Crippen LogP contribution in [-0.4, -0.2) is 17.7 Å².